The largest absolute Gasteiger partial charge is 0.392 e. The molecule has 1 aromatic heterocycles. The average molecular weight is 324 g/mol. The van der Waals surface area contributed by atoms with Crippen LogP contribution >= 0.6 is 15.9 Å². The molecule has 1 fully saturated rings. The molecular weight excluding hydrogens is 306 g/mol. The fraction of sp³-hybridized carbons (Fsp3) is 0.500. The second kappa shape index (κ2) is 5.23. The van der Waals surface area contributed by atoms with Crippen molar-refractivity contribution in [2.45, 2.75) is 26.0 Å². The van der Waals surface area contributed by atoms with E-state index in [2.05, 4.69) is 37.7 Å². The lowest BCUT2D eigenvalue weighted by atomic mass is 9.96. The number of likely N-dealkylation sites (tertiary alicyclic amines) is 1. The number of benzene rings is 1. The summed E-state index contributed by atoms with van der Waals surface area (Å²) in [5, 5.41) is 9.92. The Morgan fingerprint density at radius 3 is 3.16 bits per heavy atom. The number of halogens is 1. The van der Waals surface area contributed by atoms with Gasteiger partial charge in [0.15, 0.2) is 0 Å². The molecule has 2 aromatic rings. The lowest BCUT2D eigenvalue weighted by Crippen LogP contribution is -2.42. The highest BCUT2D eigenvalue weighted by Crippen LogP contribution is 2.21. The second-order valence-corrected chi connectivity index (χ2v) is 6.33. The third-order valence-electron chi connectivity index (χ3n) is 3.87. The summed E-state index contributed by atoms with van der Waals surface area (Å²) >= 11 is 3.46. The topological polar surface area (TPSA) is 52.2 Å². The van der Waals surface area contributed by atoms with E-state index in [1.165, 1.54) is 0 Å². The number of aromatic amines is 1. The Morgan fingerprint density at radius 2 is 2.37 bits per heavy atom. The normalized spacial score (nSPS) is 25.0. The number of imidazole rings is 1. The molecule has 0 unspecified atom stereocenters. The summed E-state index contributed by atoms with van der Waals surface area (Å²) < 4.78 is 1.05. The van der Waals surface area contributed by atoms with Crippen molar-refractivity contribution in [3.8, 4) is 0 Å². The van der Waals surface area contributed by atoms with Gasteiger partial charge in [-0.2, -0.15) is 0 Å². The highest BCUT2D eigenvalue weighted by molar-refractivity contribution is 9.10. The van der Waals surface area contributed by atoms with E-state index in [-0.39, 0.29) is 6.10 Å². The van der Waals surface area contributed by atoms with Crippen LogP contribution in [-0.4, -0.2) is 39.2 Å². The number of aliphatic hydroxyl groups excluding tert-OH is 1. The zero-order valence-electron chi connectivity index (χ0n) is 10.9. The van der Waals surface area contributed by atoms with E-state index in [9.17, 15) is 5.11 Å². The Hall–Kier alpha value is -0.910. The van der Waals surface area contributed by atoms with Crippen molar-refractivity contribution >= 4 is 27.0 Å². The van der Waals surface area contributed by atoms with Gasteiger partial charge in [0.1, 0.15) is 5.82 Å². The molecular formula is C14H18BrN3O. The molecule has 2 atom stereocenters. The van der Waals surface area contributed by atoms with Gasteiger partial charge in [0.05, 0.1) is 23.7 Å². The summed E-state index contributed by atoms with van der Waals surface area (Å²) in [6.07, 6.45) is 0.833. The monoisotopic (exact) mass is 323 g/mol. The molecule has 0 saturated carbocycles. The molecule has 1 aliphatic rings. The van der Waals surface area contributed by atoms with Crippen LogP contribution < -0.4 is 0 Å². The number of nitrogens with one attached hydrogen (secondary N) is 1. The molecule has 3 rings (SSSR count). The minimum Gasteiger partial charge on any atom is -0.392 e. The molecule has 19 heavy (non-hydrogen) atoms. The van der Waals surface area contributed by atoms with Gasteiger partial charge in [-0.05, 0) is 37.1 Å². The second-order valence-electron chi connectivity index (χ2n) is 5.41. The molecule has 0 amide bonds. The van der Waals surface area contributed by atoms with Gasteiger partial charge in [-0.15, -0.1) is 0 Å². The van der Waals surface area contributed by atoms with Gasteiger partial charge in [0.25, 0.3) is 0 Å². The quantitative estimate of drug-likeness (QED) is 0.893. The van der Waals surface area contributed by atoms with Crippen molar-refractivity contribution in [2.24, 2.45) is 5.92 Å². The van der Waals surface area contributed by atoms with Gasteiger partial charge in [0, 0.05) is 11.0 Å². The highest BCUT2D eigenvalue weighted by Gasteiger charge is 2.24. The average Bonchev–Trinajstić information content (AvgIpc) is 2.75. The minimum atomic E-state index is -0.215. The summed E-state index contributed by atoms with van der Waals surface area (Å²) in [4.78, 5) is 10.2. The summed E-state index contributed by atoms with van der Waals surface area (Å²) in [7, 11) is 0. The number of hydrogen-bond acceptors (Lipinski definition) is 3. The molecule has 4 nitrogen and oxygen atoms in total. The third kappa shape index (κ3) is 2.83. The predicted molar refractivity (Wildman–Crippen MR) is 78.9 cm³/mol. The first kappa shape index (κ1) is 13.1. The molecule has 0 radical (unpaired) electrons. The van der Waals surface area contributed by atoms with Gasteiger partial charge in [-0.25, -0.2) is 4.98 Å². The number of nitrogens with zero attached hydrogens (tertiary/aromatic N) is 2. The van der Waals surface area contributed by atoms with E-state index in [4.69, 9.17) is 0 Å². The van der Waals surface area contributed by atoms with Crippen LogP contribution in [0.4, 0.5) is 0 Å². The van der Waals surface area contributed by atoms with Crippen LogP contribution in [0.5, 0.6) is 0 Å². The van der Waals surface area contributed by atoms with E-state index < -0.39 is 0 Å². The van der Waals surface area contributed by atoms with E-state index in [0.29, 0.717) is 5.92 Å². The molecule has 1 aromatic carbocycles. The third-order valence-corrected chi connectivity index (χ3v) is 4.36. The van der Waals surface area contributed by atoms with E-state index in [1.54, 1.807) is 0 Å². The Labute approximate surface area is 121 Å². The van der Waals surface area contributed by atoms with E-state index in [1.807, 2.05) is 18.2 Å². The zero-order chi connectivity index (χ0) is 13.4. The standard InChI is InChI=1S/C14H18BrN3O/c1-9-4-5-18(7-13(9)19)8-14-16-11-3-2-10(15)6-12(11)17-14/h2-3,6,9,13,19H,4-5,7-8H2,1H3,(H,16,17)/t9-,13+/m1/s1. The number of fused-ring (bicyclic) bond motifs is 1. The first-order chi connectivity index (χ1) is 9.11. The number of rotatable bonds is 2. The lowest BCUT2D eigenvalue weighted by Gasteiger charge is -2.33. The highest BCUT2D eigenvalue weighted by atomic mass is 79.9. The Bertz CT molecular complexity index is 583. The number of H-pyrrole nitrogens is 1. The molecule has 5 heteroatoms. The van der Waals surface area contributed by atoms with Crippen LogP contribution in [0.3, 0.4) is 0 Å². The van der Waals surface area contributed by atoms with E-state index in [0.717, 1.165) is 47.4 Å². The van der Waals surface area contributed by atoms with Crippen LogP contribution in [0, 0.1) is 5.92 Å². The fourth-order valence-electron chi connectivity index (χ4n) is 2.58. The van der Waals surface area contributed by atoms with Crippen molar-refractivity contribution in [3.05, 3.63) is 28.5 Å². The minimum absolute atomic E-state index is 0.215. The smallest absolute Gasteiger partial charge is 0.121 e. The fourth-order valence-corrected chi connectivity index (χ4v) is 2.94. The Kier molecular flexibility index (Phi) is 3.60. The maximum absolute atomic E-state index is 9.92. The van der Waals surface area contributed by atoms with Crippen LogP contribution in [0.25, 0.3) is 11.0 Å². The summed E-state index contributed by atoms with van der Waals surface area (Å²) in [5.74, 6) is 1.37. The molecule has 1 aliphatic heterocycles. The van der Waals surface area contributed by atoms with Gasteiger partial charge in [0.2, 0.25) is 0 Å². The Morgan fingerprint density at radius 1 is 1.53 bits per heavy atom. The summed E-state index contributed by atoms with van der Waals surface area (Å²) in [5.41, 5.74) is 2.04. The molecule has 102 valence electrons. The van der Waals surface area contributed by atoms with E-state index >= 15 is 0 Å². The lowest BCUT2D eigenvalue weighted by molar-refractivity contribution is 0.0250. The van der Waals surface area contributed by atoms with Gasteiger partial charge >= 0.3 is 0 Å². The molecule has 0 bridgehead atoms. The number of hydrogen-bond donors (Lipinski definition) is 2. The van der Waals surface area contributed by atoms with Crippen molar-refractivity contribution in [1.29, 1.82) is 0 Å². The predicted octanol–water partition coefficient (Wildman–Crippen LogP) is 2.53. The number of aromatic nitrogens is 2. The molecule has 0 aliphatic carbocycles. The Balaban J connectivity index is 1.74. The zero-order valence-corrected chi connectivity index (χ0v) is 12.5. The molecule has 0 spiro atoms. The van der Waals surface area contributed by atoms with Crippen LogP contribution in [0.1, 0.15) is 19.2 Å². The summed E-state index contributed by atoms with van der Waals surface area (Å²) in [6.45, 7) is 4.65. The SMILES string of the molecule is C[C@@H]1CCN(Cc2nc3ccc(Br)cc3[nH]2)C[C@@H]1O. The molecule has 2 N–H and O–H groups in total. The van der Waals surface area contributed by atoms with Crippen molar-refractivity contribution < 1.29 is 5.11 Å². The van der Waals surface area contributed by atoms with Crippen molar-refractivity contribution in [3.63, 3.8) is 0 Å². The van der Waals surface area contributed by atoms with Gasteiger partial charge < -0.3 is 10.1 Å². The molecule has 1 saturated heterocycles. The van der Waals surface area contributed by atoms with Gasteiger partial charge in [-0.1, -0.05) is 22.9 Å². The number of β-amino-alcohol motifs (C(OH)–C–C–N with tert-alkyl or cyclic N) is 1. The molecule has 2 heterocycles. The maximum Gasteiger partial charge on any atom is 0.121 e. The number of piperidine rings is 1. The number of aliphatic hydroxyl groups is 1. The first-order valence-electron chi connectivity index (χ1n) is 6.66. The van der Waals surface area contributed by atoms with Gasteiger partial charge in [-0.3, -0.25) is 4.90 Å². The van der Waals surface area contributed by atoms with Crippen LogP contribution in [0.2, 0.25) is 0 Å². The van der Waals surface area contributed by atoms with Crippen LogP contribution in [-0.2, 0) is 6.54 Å². The van der Waals surface area contributed by atoms with Crippen LogP contribution in [0.15, 0.2) is 22.7 Å². The summed E-state index contributed by atoms with van der Waals surface area (Å²) in [6, 6.07) is 6.05. The van der Waals surface area contributed by atoms with Crippen molar-refractivity contribution in [2.75, 3.05) is 13.1 Å². The van der Waals surface area contributed by atoms with Crippen molar-refractivity contribution in [1.82, 2.24) is 14.9 Å². The maximum atomic E-state index is 9.92. The first-order valence-corrected chi connectivity index (χ1v) is 7.45.